The molecule has 0 aliphatic rings. The first-order chi connectivity index (χ1) is 9.63. The number of rotatable bonds is 6. The molecule has 0 amide bonds. The zero-order chi connectivity index (χ0) is 14.4. The van der Waals surface area contributed by atoms with Gasteiger partial charge >= 0.3 is 0 Å². The van der Waals surface area contributed by atoms with Crippen molar-refractivity contribution in [2.75, 3.05) is 5.75 Å². The lowest BCUT2D eigenvalue weighted by molar-refractivity contribution is 0.591. The van der Waals surface area contributed by atoms with Gasteiger partial charge in [-0.05, 0) is 29.7 Å². The molecule has 0 N–H and O–H groups in total. The predicted molar refractivity (Wildman–Crippen MR) is 83.5 cm³/mol. The predicted octanol–water partition coefficient (Wildman–Crippen LogP) is 4.32. The van der Waals surface area contributed by atoms with Crippen molar-refractivity contribution in [3.63, 3.8) is 0 Å². The van der Waals surface area contributed by atoms with Crippen molar-refractivity contribution in [1.82, 2.24) is 0 Å². The summed E-state index contributed by atoms with van der Waals surface area (Å²) in [6, 6.07) is 17.1. The average Bonchev–Trinajstić information content (AvgIpc) is 2.48. The minimum Gasteiger partial charge on any atom is -0.224 e. The van der Waals surface area contributed by atoms with E-state index in [0.29, 0.717) is 4.90 Å². The minimum atomic E-state index is -3.16. The highest BCUT2D eigenvalue weighted by molar-refractivity contribution is 7.91. The standard InChI is InChI=1S/C17H20O2S/c1-2-3-7-13-20(18,19)17-12-8-11-16(14-17)15-9-5-4-6-10-15/h4-6,8-12,14H,2-3,7,13H2,1H3. The molecule has 2 nitrogen and oxygen atoms in total. The van der Waals surface area contributed by atoms with Crippen molar-refractivity contribution in [2.24, 2.45) is 0 Å². The van der Waals surface area contributed by atoms with E-state index in [1.165, 1.54) is 0 Å². The third-order valence-corrected chi connectivity index (χ3v) is 5.12. The van der Waals surface area contributed by atoms with Gasteiger partial charge in [0.15, 0.2) is 9.84 Å². The zero-order valence-electron chi connectivity index (χ0n) is 11.7. The van der Waals surface area contributed by atoms with Crippen LogP contribution in [0, 0.1) is 0 Å². The van der Waals surface area contributed by atoms with Gasteiger partial charge in [-0.3, -0.25) is 0 Å². The SMILES string of the molecule is CCCCCS(=O)(=O)c1cccc(-c2ccccc2)c1. The molecule has 2 aromatic rings. The Morgan fingerprint density at radius 3 is 2.25 bits per heavy atom. The Morgan fingerprint density at radius 1 is 0.850 bits per heavy atom. The molecule has 0 saturated carbocycles. The van der Waals surface area contributed by atoms with E-state index >= 15 is 0 Å². The van der Waals surface area contributed by atoms with Crippen LogP contribution in [0.2, 0.25) is 0 Å². The number of hydrogen-bond acceptors (Lipinski definition) is 2. The summed E-state index contributed by atoms with van der Waals surface area (Å²) in [5.74, 6) is 0.235. The molecule has 106 valence electrons. The van der Waals surface area contributed by atoms with Crippen molar-refractivity contribution in [3.05, 3.63) is 54.6 Å². The van der Waals surface area contributed by atoms with Gasteiger partial charge in [0.2, 0.25) is 0 Å². The molecular formula is C17H20O2S. The van der Waals surface area contributed by atoms with Crippen LogP contribution in [-0.2, 0) is 9.84 Å². The Hall–Kier alpha value is -1.61. The van der Waals surface area contributed by atoms with Crippen LogP contribution in [0.1, 0.15) is 26.2 Å². The molecule has 0 saturated heterocycles. The van der Waals surface area contributed by atoms with Crippen molar-refractivity contribution in [1.29, 1.82) is 0 Å². The third-order valence-electron chi connectivity index (χ3n) is 3.32. The lowest BCUT2D eigenvalue weighted by atomic mass is 10.1. The fraction of sp³-hybridized carbons (Fsp3) is 0.294. The van der Waals surface area contributed by atoms with E-state index < -0.39 is 9.84 Å². The lowest BCUT2D eigenvalue weighted by Gasteiger charge is -2.07. The first kappa shape index (κ1) is 14.8. The maximum Gasteiger partial charge on any atom is 0.178 e. The molecule has 0 aliphatic heterocycles. The molecule has 0 heterocycles. The Labute approximate surface area is 121 Å². The van der Waals surface area contributed by atoms with Gasteiger partial charge in [-0.25, -0.2) is 8.42 Å². The molecule has 0 atom stereocenters. The number of sulfone groups is 1. The van der Waals surface area contributed by atoms with Crippen LogP contribution < -0.4 is 0 Å². The highest BCUT2D eigenvalue weighted by Gasteiger charge is 2.14. The molecule has 0 spiro atoms. The molecule has 0 fully saturated rings. The smallest absolute Gasteiger partial charge is 0.178 e. The average molecular weight is 288 g/mol. The van der Waals surface area contributed by atoms with Crippen molar-refractivity contribution >= 4 is 9.84 Å². The maximum absolute atomic E-state index is 12.3. The Balaban J connectivity index is 2.26. The first-order valence-electron chi connectivity index (χ1n) is 7.02. The molecule has 20 heavy (non-hydrogen) atoms. The molecule has 2 rings (SSSR count). The van der Waals surface area contributed by atoms with Crippen molar-refractivity contribution in [2.45, 2.75) is 31.1 Å². The van der Waals surface area contributed by atoms with Gasteiger partial charge in [-0.1, -0.05) is 62.2 Å². The lowest BCUT2D eigenvalue weighted by Crippen LogP contribution is -2.06. The van der Waals surface area contributed by atoms with Crippen LogP contribution in [0.4, 0.5) is 0 Å². The second kappa shape index (κ2) is 6.71. The van der Waals surface area contributed by atoms with Gasteiger partial charge in [0.1, 0.15) is 0 Å². The first-order valence-corrected chi connectivity index (χ1v) is 8.67. The fourth-order valence-electron chi connectivity index (χ4n) is 2.16. The molecule has 0 radical (unpaired) electrons. The number of benzene rings is 2. The summed E-state index contributed by atoms with van der Waals surface area (Å²) >= 11 is 0. The van der Waals surface area contributed by atoms with E-state index in [0.717, 1.165) is 30.4 Å². The largest absolute Gasteiger partial charge is 0.224 e. The highest BCUT2D eigenvalue weighted by atomic mass is 32.2. The fourth-order valence-corrected chi connectivity index (χ4v) is 3.57. The molecule has 0 bridgehead atoms. The van der Waals surface area contributed by atoms with E-state index in [-0.39, 0.29) is 5.75 Å². The molecule has 0 unspecified atom stereocenters. The summed E-state index contributed by atoms with van der Waals surface area (Å²) in [4.78, 5) is 0.426. The third kappa shape index (κ3) is 3.70. The van der Waals surface area contributed by atoms with E-state index in [4.69, 9.17) is 0 Å². The van der Waals surface area contributed by atoms with Crippen LogP contribution in [0.3, 0.4) is 0 Å². The highest BCUT2D eigenvalue weighted by Crippen LogP contribution is 2.23. The van der Waals surface area contributed by atoms with E-state index in [2.05, 4.69) is 6.92 Å². The second-order valence-corrected chi connectivity index (χ2v) is 7.03. The summed E-state index contributed by atoms with van der Waals surface area (Å²) in [7, 11) is -3.16. The second-order valence-electron chi connectivity index (χ2n) is 4.92. The van der Waals surface area contributed by atoms with Crippen LogP contribution in [0.15, 0.2) is 59.5 Å². The van der Waals surface area contributed by atoms with Gasteiger partial charge in [0.05, 0.1) is 10.6 Å². The topological polar surface area (TPSA) is 34.1 Å². The molecular weight excluding hydrogens is 268 g/mol. The van der Waals surface area contributed by atoms with E-state index in [1.807, 2.05) is 42.5 Å². The summed E-state index contributed by atoms with van der Waals surface area (Å²) in [6.45, 7) is 2.07. The molecule has 0 aromatic heterocycles. The Morgan fingerprint density at radius 2 is 1.55 bits per heavy atom. The van der Waals surface area contributed by atoms with Crippen LogP contribution in [-0.4, -0.2) is 14.2 Å². The number of unbranched alkanes of at least 4 members (excludes halogenated alkanes) is 2. The molecule has 2 aromatic carbocycles. The van der Waals surface area contributed by atoms with Gasteiger partial charge < -0.3 is 0 Å². The van der Waals surface area contributed by atoms with E-state index in [1.54, 1.807) is 12.1 Å². The molecule has 0 aliphatic carbocycles. The number of hydrogen-bond donors (Lipinski definition) is 0. The normalized spacial score (nSPS) is 11.4. The maximum atomic E-state index is 12.3. The van der Waals surface area contributed by atoms with Crippen LogP contribution >= 0.6 is 0 Å². The van der Waals surface area contributed by atoms with Gasteiger partial charge in [-0.15, -0.1) is 0 Å². The van der Waals surface area contributed by atoms with Gasteiger partial charge in [0, 0.05) is 0 Å². The summed E-state index contributed by atoms with van der Waals surface area (Å²) in [5.41, 5.74) is 1.99. The molecule has 3 heteroatoms. The minimum absolute atomic E-state index is 0.235. The van der Waals surface area contributed by atoms with E-state index in [9.17, 15) is 8.42 Å². The Kier molecular flexibility index (Phi) is 4.96. The quantitative estimate of drug-likeness (QED) is 0.742. The van der Waals surface area contributed by atoms with Crippen LogP contribution in [0.5, 0.6) is 0 Å². The monoisotopic (exact) mass is 288 g/mol. The summed E-state index contributed by atoms with van der Waals surface area (Å²) in [6.07, 6.45) is 2.71. The van der Waals surface area contributed by atoms with Crippen molar-refractivity contribution < 1.29 is 8.42 Å². The Bertz CT molecular complexity index is 646. The zero-order valence-corrected chi connectivity index (χ0v) is 12.6. The van der Waals surface area contributed by atoms with Crippen LogP contribution in [0.25, 0.3) is 11.1 Å². The van der Waals surface area contributed by atoms with Gasteiger partial charge in [0.25, 0.3) is 0 Å². The van der Waals surface area contributed by atoms with Gasteiger partial charge in [-0.2, -0.15) is 0 Å². The summed E-state index contributed by atoms with van der Waals surface area (Å²) in [5, 5.41) is 0. The van der Waals surface area contributed by atoms with Crippen molar-refractivity contribution in [3.8, 4) is 11.1 Å². The summed E-state index contributed by atoms with van der Waals surface area (Å²) < 4.78 is 24.6.